The monoisotopic (exact) mass is 433 g/mol. The molecule has 1 aromatic rings. The smallest absolute Gasteiger partial charge is 0.406 e. The molecule has 6 atom stereocenters. The molecule has 29 heavy (non-hydrogen) atoms. The zero-order chi connectivity index (χ0) is 21.3. The minimum Gasteiger partial charge on any atom is -0.462 e. The van der Waals surface area contributed by atoms with E-state index in [4.69, 9.17) is 18.5 Å². The van der Waals surface area contributed by atoms with Crippen LogP contribution in [0.1, 0.15) is 27.0 Å². The minimum absolute atomic E-state index is 0.198. The third-order valence-electron chi connectivity index (χ3n) is 4.55. The summed E-state index contributed by atoms with van der Waals surface area (Å²) in [4.78, 5) is 37.2. The van der Waals surface area contributed by atoms with Gasteiger partial charge in [-0.05, 0) is 20.8 Å². The normalized spacial score (nSPS) is 33.1. The molecule has 0 aromatic carbocycles. The van der Waals surface area contributed by atoms with Crippen molar-refractivity contribution in [2.24, 2.45) is 5.92 Å². The van der Waals surface area contributed by atoms with E-state index in [1.54, 1.807) is 13.8 Å². The molecule has 2 aliphatic rings. The molecule has 2 fully saturated rings. The van der Waals surface area contributed by atoms with Crippen LogP contribution in [0, 0.1) is 5.92 Å². The number of rotatable bonds is 5. The molecule has 0 saturated carbocycles. The first-order valence-corrected chi connectivity index (χ1v) is 10.7. The number of esters is 1. The number of nitrogens with zero attached hydrogens (tertiary/aromatic N) is 1. The van der Waals surface area contributed by atoms with Crippen LogP contribution in [0.25, 0.3) is 0 Å². The second-order valence-electron chi connectivity index (χ2n) is 7.16. The molecule has 1 aromatic heterocycles. The van der Waals surface area contributed by atoms with Crippen molar-refractivity contribution in [2.45, 2.75) is 51.4 Å². The standard InChI is InChI=1S/C16H24N3O9P/c1-8(2)27-15(22)9(3)18-29(24)25-6-10-11(7-26-29)28-14(13(10)21)19-5-4-12(20)17-16(19)23/h4-5,8-11,13-14,21H,6-7H2,1-3H3,(H,18,24)(H,17,20,23)/t9-,10+,11+,13+,14+,29?/m0/s1. The fourth-order valence-electron chi connectivity index (χ4n) is 3.11. The maximum atomic E-state index is 12.8. The van der Waals surface area contributed by atoms with Crippen molar-refractivity contribution in [3.05, 3.63) is 33.1 Å². The van der Waals surface area contributed by atoms with Crippen LogP contribution in [0.15, 0.2) is 21.9 Å². The fraction of sp³-hybridized carbons (Fsp3) is 0.688. The summed E-state index contributed by atoms with van der Waals surface area (Å²) in [5.74, 6) is -1.25. The van der Waals surface area contributed by atoms with Crippen molar-refractivity contribution < 1.29 is 33.0 Å². The number of carbonyl (C=O) groups is 1. The molecule has 0 aliphatic carbocycles. The lowest BCUT2D eigenvalue weighted by Crippen LogP contribution is -2.37. The molecule has 162 valence electrons. The van der Waals surface area contributed by atoms with Gasteiger partial charge in [0.15, 0.2) is 6.23 Å². The highest BCUT2D eigenvalue weighted by Crippen LogP contribution is 2.50. The number of nitrogens with one attached hydrogen (secondary N) is 2. The van der Waals surface area contributed by atoms with Gasteiger partial charge in [-0.2, -0.15) is 0 Å². The van der Waals surface area contributed by atoms with E-state index >= 15 is 0 Å². The van der Waals surface area contributed by atoms with Gasteiger partial charge in [0.05, 0.1) is 25.4 Å². The number of aromatic amines is 1. The van der Waals surface area contributed by atoms with Crippen LogP contribution in [0.3, 0.4) is 0 Å². The molecule has 2 aliphatic heterocycles. The molecule has 3 rings (SSSR count). The van der Waals surface area contributed by atoms with Crippen LogP contribution >= 0.6 is 7.75 Å². The number of carbonyl (C=O) groups excluding carboxylic acids is 1. The summed E-state index contributed by atoms with van der Waals surface area (Å²) in [5, 5.41) is 13.1. The van der Waals surface area contributed by atoms with Gasteiger partial charge in [-0.25, -0.2) is 14.4 Å². The Morgan fingerprint density at radius 2 is 2.03 bits per heavy atom. The first-order valence-electron chi connectivity index (χ1n) is 9.12. The molecule has 2 saturated heterocycles. The minimum atomic E-state index is -3.86. The van der Waals surface area contributed by atoms with Crippen LogP contribution in [0.2, 0.25) is 0 Å². The highest BCUT2D eigenvalue weighted by molar-refractivity contribution is 7.51. The molecule has 12 nitrogen and oxygen atoms in total. The Morgan fingerprint density at radius 3 is 2.69 bits per heavy atom. The van der Waals surface area contributed by atoms with Gasteiger partial charge in [-0.3, -0.25) is 28.2 Å². The van der Waals surface area contributed by atoms with Gasteiger partial charge in [0.1, 0.15) is 12.1 Å². The molecule has 0 radical (unpaired) electrons. The largest absolute Gasteiger partial charge is 0.462 e. The second-order valence-corrected chi connectivity index (χ2v) is 8.93. The summed E-state index contributed by atoms with van der Waals surface area (Å²) in [6.45, 7) is 4.45. The molecule has 0 amide bonds. The first kappa shape index (κ1) is 21.9. The average molecular weight is 433 g/mol. The van der Waals surface area contributed by atoms with E-state index in [1.807, 2.05) is 0 Å². The summed E-state index contributed by atoms with van der Waals surface area (Å²) >= 11 is 0. The van der Waals surface area contributed by atoms with Crippen molar-refractivity contribution in [3.8, 4) is 0 Å². The first-order chi connectivity index (χ1) is 13.6. The summed E-state index contributed by atoms with van der Waals surface area (Å²) in [6, 6.07) is 0.188. The van der Waals surface area contributed by atoms with Gasteiger partial charge >= 0.3 is 19.4 Å². The van der Waals surface area contributed by atoms with Gasteiger partial charge in [-0.1, -0.05) is 0 Å². The summed E-state index contributed by atoms with van der Waals surface area (Å²) in [6.07, 6.45) is -2.07. The Kier molecular flexibility index (Phi) is 6.42. The molecule has 3 heterocycles. The second kappa shape index (κ2) is 8.50. The Hall–Kier alpha value is -1.82. The van der Waals surface area contributed by atoms with Gasteiger partial charge in [0.2, 0.25) is 0 Å². The quantitative estimate of drug-likeness (QED) is 0.408. The highest BCUT2D eigenvalue weighted by atomic mass is 31.2. The van der Waals surface area contributed by atoms with E-state index in [-0.39, 0.29) is 19.3 Å². The number of aromatic nitrogens is 2. The lowest BCUT2D eigenvalue weighted by molar-refractivity contribution is -0.149. The zero-order valence-corrected chi connectivity index (χ0v) is 17.0. The molecule has 13 heteroatoms. The Labute approximate surface area is 165 Å². The molecular weight excluding hydrogens is 409 g/mol. The predicted octanol–water partition coefficient (Wildman–Crippen LogP) is -0.504. The van der Waals surface area contributed by atoms with Gasteiger partial charge in [0, 0.05) is 18.2 Å². The van der Waals surface area contributed by atoms with Crippen molar-refractivity contribution in [1.29, 1.82) is 0 Å². The van der Waals surface area contributed by atoms with Gasteiger partial charge in [0.25, 0.3) is 5.56 Å². The third kappa shape index (κ3) is 4.85. The van der Waals surface area contributed by atoms with Crippen LogP contribution in [0.4, 0.5) is 0 Å². The molecule has 1 unspecified atom stereocenters. The van der Waals surface area contributed by atoms with Crippen molar-refractivity contribution in [2.75, 3.05) is 13.2 Å². The van der Waals surface area contributed by atoms with Crippen molar-refractivity contribution in [3.63, 3.8) is 0 Å². The molecule has 3 N–H and O–H groups in total. The Bertz CT molecular complexity index is 913. The van der Waals surface area contributed by atoms with Crippen LogP contribution < -0.4 is 16.3 Å². The maximum absolute atomic E-state index is 12.8. The Balaban J connectivity index is 1.68. The summed E-state index contributed by atoms with van der Waals surface area (Å²) in [5.41, 5.74) is -1.30. The molecule has 0 bridgehead atoms. The van der Waals surface area contributed by atoms with E-state index in [0.29, 0.717) is 0 Å². The van der Waals surface area contributed by atoms with E-state index < -0.39 is 55.4 Å². The number of ether oxygens (including phenoxy) is 2. The van der Waals surface area contributed by atoms with Gasteiger partial charge in [-0.15, -0.1) is 0 Å². The number of fused-ring (bicyclic) bond motifs is 1. The number of hydrogen-bond donors (Lipinski definition) is 3. The van der Waals surface area contributed by atoms with E-state index in [0.717, 1.165) is 10.6 Å². The zero-order valence-electron chi connectivity index (χ0n) is 16.1. The lowest BCUT2D eigenvalue weighted by atomic mass is 9.99. The van der Waals surface area contributed by atoms with E-state index in [9.17, 15) is 24.1 Å². The van der Waals surface area contributed by atoms with Crippen LogP contribution in [-0.4, -0.2) is 58.2 Å². The van der Waals surface area contributed by atoms with Gasteiger partial charge < -0.3 is 14.6 Å². The molecule has 0 spiro atoms. The Morgan fingerprint density at radius 1 is 1.34 bits per heavy atom. The number of aliphatic hydroxyl groups excluding tert-OH is 1. The van der Waals surface area contributed by atoms with Crippen LogP contribution in [-0.2, 0) is 27.9 Å². The van der Waals surface area contributed by atoms with Crippen molar-refractivity contribution >= 4 is 13.7 Å². The average Bonchev–Trinajstić information content (AvgIpc) is 2.83. The molecular formula is C16H24N3O9P. The predicted molar refractivity (Wildman–Crippen MR) is 98.1 cm³/mol. The highest BCUT2D eigenvalue weighted by Gasteiger charge is 2.49. The number of hydrogen-bond acceptors (Lipinski definition) is 9. The lowest BCUT2D eigenvalue weighted by Gasteiger charge is -2.23. The summed E-state index contributed by atoms with van der Waals surface area (Å²) < 4.78 is 35.4. The topological polar surface area (TPSA) is 158 Å². The number of aliphatic hydroxyl groups is 1. The SMILES string of the molecule is CC(C)OC(=O)[C@H](C)NP1(=O)OC[C@H]2[C@@H](O)[C@H](n3ccc(=O)[nH]c3=O)O[C@@H]2CO1. The van der Waals surface area contributed by atoms with Crippen molar-refractivity contribution in [1.82, 2.24) is 14.6 Å². The number of H-pyrrole nitrogens is 1. The maximum Gasteiger partial charge on any atom is 0.406 e. The van der Waals surface area contributed by atoms with E-state index in [2.05, 4.69) is 10.1 Å². The summed E-state index contributed by atoms with van der Waals surface area (Å²) in [7, 11) is -3.86. The third-order valence-corrected chi connectivity index (χ3v) is 6.23. The van der Waals surface area contributed by atoms with E-state index in [1.165, 1.54) is 13.1 Å². The van der Waals surface area contributed by atoms with Crippen LogP contribution in [0.5, 0.6) is 0 Å². The fourth-order valence-corrected chi connectivity index (χ4v) is 4.63.